The Bertz CT molecular complexity index is 807. The van der Waals surface area contributed by atoms with Crippen molar-refractivity contribution in [3.63, 3.8) is 0 Å². The Hall–Kier alpha value is -2.55. The number of carbonyl (C=O) groups is 2. The number of benzene rings is 1. The maximum atomic E-state index is 12.6. The number of carbonyl (C=O) groups excluding carboxylic acids is 2. The van der Waals surface area contributed by atoms with E-state index in [9.17, 15) is 18.0 Å². The topological polar surface area (TPSA) is 105 Å². The van der Waals surface area contributed by atoms with Gasteiger partial charge in [-0.05, 0) is 24.6 Å². The number of hydrogen-bond acceptors (Lipinski definition) is 6. The van der Waals surface area contributed by atoms with Gasteiger partial charge in [0.25, 0.3) is 10.0 Å². The van der Waals surface area contributed by atoms with Crippen LogP contribution in [0, 0.1) is 0 Å². The zero-order valence-electron chi connectivity index (χ0n) is 15.5. The molecule has 0 aromatic heterocycles. The molecule has 0 fully saturated rings. The molecule has 1 aromatic carbocycles. The molecule has 1 unspecified atom stereocenters. The van der Waals surface area contributed by atoms with Crippen LogP contribution in [0.25, 0.3) is 0 Å². The third kappa shape index (κ3) is 5.22. The Morgan fingerprint density at radius 1 is 1.22 bits per heavy atom. The monoisotopic (exact) mass is 395 g/mol. The van der Waals surface area contributed by atoms with Crippen molar-refractivity contribution in [1.29, 1.82) is 0 Å². The number of sulfonamides is 1. The van der Waals surface area contributed by atoms with Crippen molar-refractivity contribution in [2.45, 2.75) is 50.0 Å². The maximum Gasteiger partial charge on any atom is 0.350 e. The van der Waals surface area contributed by atoms with Crippen LogP contribution in [-0.2, 0) is 14.8 Å². The summed E-state index contributed by atoms with van der Waals surface area (Å²) in [6.45, 7) is 2.12. The van der Waals surface area contributed by atoms with Crippen LogP contribution in [-0.4, -0.2) is 38.6 Å². The molecule has 1 heterocycles. The van der Waals surface area contributed by atoms with Gasteiger partial charge in [-0.15, -0.1) is 0 Å². The number of rotatable bonds is 8. The molecule has 2 amide bonds. The second kappa shape index (κ2) is 9.40. The van der Waals surface area contributed by atoms with Gasteiger partial charge in [-0.1, -0.05) is 44.7 Å². The van der Waals surface area contributed by atoms with Crippen molar-refractivity contribution in [2.24, 2.45) is 0 Å². The van der Waals surface area contributed by atoms with E-state index in [1.807, 2.05) is 10.8 Å². The summed E-state index contributed by atoms with van der Waals surface area (Å²) in [6, 6.07) is 4.54. The van der Waals surface area contributed by atoms with Crippen molar-refractivity contribution in [3.05, 3.63) is 42.1 Å². The van der Waals surface area contributed by atoms with Crippen molar-refractivity contribution in [1.82, 2.24) is 15.2 Å². The normalized spacial score (nSPS) is 16.1. The molecule has 1 atom stereocenters. The Morgan fingerprint density at radius 2 is 1.96 bits per heavy atom. The summed E-state index contributed by atoms with van der Waals surface area (Å²) >= 11 is 0. The predicted octanol–water partition coefficient (Wildman–Crippen LogP) is 2.54. The number of unbranched alkanes of at least 4 members (excludes halogenated alkanes) is 3. The summed E-state index contributed by atoms with van der Waals surface area (Å²) in [7, 11) is -3.09. The summed E-state index contributed by atoms with van der Waals surface area (Å²) in [5, 5.41) is 1.24. The lowest BCUT2D eigenvalue weighted by Gasteiger charge is -2.24. The lowest BCUT2D eigenvalue weighted by atomic mass is 10.1. The van der Waals surface area contributed by atoms with Crippen LogP contribution in [0.2, 0.25) is 0 Å². The number of amides is 2. The van der Waals surface area contributed by atoms with Crippen molar-refractivity contribution in [3.8, 4) is 0 Å². The highest BCUT2D eigenvalue weighted by Crippen LogP contribution is 2.18. The van der Waals surface area contributed by atoms with E-state index < -0.39 is 22.0 Å². The van der Waals surface area contributed by atoms with Crippen LogP contribution in [0.3, 0.4) is 0 Å². The zero-order chi connectivity index (χ0) is 19.9. The van der Waals surface area contributed by atoms with Crippen molar-refractivity contribution in [2.75, 3.05) is 7.11 Å². The molecule has 1 aliphatic rings. The molecule has 2 rings (SSSR count). The Kier molecular flexibility index (Phi) is 7.23. The average molecular weight is 395 g/mol. The molecule has 27 heavy (non-hydrogen) atoms. The maximum absolute atomic E-state index is 12.6. The molecule has 0 radical (unpaired) electrons. The van der Waals surface area contributed by atoms with Gasteiger partial charge in [0, 0.05) is 6.20 Å². The molecule has 0 aliphatic carbocycles. The average Bonchev–Trinajstić information content (AvgIpc) is 3.13. The number of hydrazine groups is 1. The summed E-state index contributed by atoms with van der Waals surface area (Å²) < 4.78 is 31.9. The van der Waals surface area contributed by atoms with Crippen LogP contribution in [0.5, 0.6) is 0 Å². The van der Waals surface area contributed by atoms with Gasteiger partial charge in [-0.25, -0.2) is 27.7 Å². The standard InChI is InChI=1S/C18H25N3O5S/c1-3-4-5-6-9-14-12-13-19-21(14)18(23)20-27(24,25)16-11-8-7-10-15(16)17(22)26-2/h7-8,10-14,19H,3-6,9H2,1-2H3,(H,20,23). The minimum absolute atomic E-state index is 0.135. The number of methoxy groups -OCH3 is 1. The number of urea groups is 1. The van der Waals surface area contributed by atoms with E-state index in [0.717, 1.165) is 39.2 Å². The van der Waals surface area contributed by atoms with Gasteiger partial charge in [-0.2, -0.15) is 0 Å². The lowest BCUT2D eigenvalue weighted by molar-refractivity contribution is 0.0596. The predicted molar refractivity (Wildman–Crippen MR) is 100 cm³/mol. The quantitative estimate of drug-likeness (QED) is 0.518. The molecule has 1 aliphatic heterocycles. The van der Waals surface area contributed by atoms with E-state index >= 15 is 0 Å². The van der Waals surface area contributed by atoms with E-state index in [4.69, 9.17) is 0 Å². The summed E-state index contributed by atoms with van der Waals surface area (Å²) in [5.74, 6) is -0.793. The van der Waals surface area contributed by atoms with Crippen LogP contribution in [0.4, 0.5) is 4.79 Å². The van der Waals surface area contributed by atoms with Gasteiger partial charge in [0.05, 0.1) is 18.7 Å². The SMILES string of the molecule is CCCCCCC1C=CNN1C(=O)NS(=O)(=O)c1ccccc1C(=O)OC. The minimum atomic E-state index is -4.25. The highest BCUT2D eigenvalue weighted by molar-refractivity contribution is 7.90. The number of esters is 1. The Morgan fingerprint density at radius 3 is 2.67 bits per heavy atom. The van der Waals surface area contributed by atoms with Gasteiger partial charge in [0.1, 0.15) is 4.90 Å². The highest BCUT2D eigenvalue weighted by Gasteiger charge is 2.30. The molecular weight excluding hydrogens is 370 g/mol. The first kappa shape index (κ1) is 20.8. The Balaban J connectivity index is 2.09. The summed E-state index contributed by atoms with van der Waals surface area (Å²) in [4.78, 5) is 24.0. The first-order valence-corrected chi connectivity index (χ1v) is 10.3. The van der Waals surface area contributed by atoms with Crippen LogP contribution >= 0.6 is 0 Å². The Labute approximate surface area is 159 Å². The molecule has 0 bridgehead atoms. The smallest absolute Gasteiger partial charge is 0.350 e. The summed E-state index contributed by atoms with van der Waals surface area (Å²) in [5.41, 5.74) is 2.62. The van der Waals surface area contributed by atoms with E-state index in [2.05, 4.69) is 17.1 Å². The third-order valence-corrected chi connectivity index (χ3v) is 5.62. The lowest BCUT2D eigenvalue weighted by Crippen LogP contribution is -2.50. The van der Waals surface area contributed by atoms with E-state index in [1.54, 1.807) is 6.20 Å². The molecule has 1 aromatic rings. The molecule has 0 spiro atoms. The number of hydrogen-bond donors (Lipinski definition) is 2. The van der Waals surface area contributed by atoms with E-state index in [1.165, 1.54) is 29.3 Å². The molecular formula is C18H25N3O5S. The van der Waals surface area contributed by atoms with Gasteiger partial charge in [0.15, 0.2) is 0 Å². The molecule has 0 saturated heterocycles. The molecule has 8 nitrogen and oxygen atoms in total. The van der Waals surface area contributed by atoms with Crippen LogP contribution in [0.1, 0.15) is 49.4 Å². The number of nitrogens with zero attached hydrogens (tertiary/aromatic N) is 1. The molecule has 9 heteroatoms. The first-order valence-electron chi connectivity index (χ1n) is 8.87. The number of ether oxygens (including phenoxy) is 1. The largest absolute Gasteiger partial charge is 0.465 e. The fourth-order valence-electron chi connectivity index (χ4n) is 2.83. The molecule has 0 saturated carbocycles. The first-order chi connectivity index (χ1) is 12.9. The van der Waals surface area contributed by atoms with Gasteiger partial charge in [-0.3, -0.25) is 0 Å². The fraction of sp³-hybridized carbons (Fsp3) is 0.444. The van der Waals surface area contributed by atoms with Crippen LogP contribution < -0.4 is 10.1 Å². The summed E-state index contributed by atoms with van der Waals surface area (Å²) in [6.07, 6.45) is 8.39. The van der Waals surface area contributed by atoms with Crippen molar-refractivity contribution >= 4 is 22.0 Å². The van der Waals surface area contributed by atoms with Gasteiger partial charge in [0.2, 0.25) is 0 Å². The second-order valence-corrected chi connectivity index (χ2v) is 7.82. The number of nitrogens with one attached hydrogen (secondary N) is 2. The zero-order valence-corrected chi connectivity index (χ0v) is 16.3. The van der Waals surface area contributed by atoms with Gasteiger partial charge < -0.3 is 10.2 Å². The van der Waals surface area contributed by atoms with Crippen LogP contribution in [0.15, 0.2) is 41.4 Å². The van der Waals surface area contributed by atoms with Crippen molar-refractivity contribution < 1.29 is 22.7 Å². The fourth-order valence-corrected chi connectivity index (χ4v) is 3.97. The highest BCUT2D eigenvalue weighted by atomic mass is 32.2. The van der Waals surface area contributed by atoms with Gasteiger partial charge >= 0.3 is 12.0 Å². The minimum Gasteiger partial charge on any atom is -0.465 e. The second-order valence-electron chi connectivity index (χ2n) is 6.17. The molecule has 2 N–H and O–H groups in total. The third-order valence-electron chi connectivity index (χ3n) is 4.24. The van der Waals surface area contributed by atoms with E-state index in [-0.39, 0.29) is 16.5 Å². The van der Waals surface area contributed by atoms with E-state index in [0.29, 0.717) is 0 Å². The molecule has 148 valence electrons.